The van der Waals surface area contributed by atoms with Gasteiger partial charge < -0.3 is 19.7 Å². The van der Waals surface area contributed by atoms with Gasteiger partial charge in [0.1, 0.15) is 6.61 Å². The van der Waals surface area contributed by atoms with Crippen LogP contribution in [0.15, 0.2) is 36.4 Å². The van der Waals surface area contributed by atoms with Crippen LogP contribution in [-0.2, 0) is 13.2 Å². The molecular weight excluding hydrogens is 371 g/mol. The van der Waals surface area contributed by atoms with Crippen LogP contribution in [-0.4, -0.2) is 38.7 Å². The van der Waals surface area contributed by atoms with Crippen molar-refractivity contribution in [3.8, 4) is 11.5 Å². The number of benzene rings is 2. The number of halogens is 2. The first-order valence-electron chi connectivity index (χ1n) is 8.67. The minimum atomic E-state index is 0.400. The molecule has 0 aliphatic rings. The number of rotatable bonds is 10. The maximum Gasteiger partial charge on any atom is 0.161 e. The minimum Gasteiger partial charge on any atom is -0.490 e. The van der Waals surface area contributed by atoms with E-state index in [1.54, 1.807) is 6.07 Å². The highest BCUT2D eigenvalue weighted by molar-refractivity contribution is 6.42. The van der Waals surface area contributed by atoms with Gasteiger partial charge in [0, 0.05) is 19.6 Å². The second kappa shape index (κ2) is 10.6. The molecular formula is C20H26Cl2N2O2. The van der Waals surface area contributed by atoms with Crippen molar-refractivity contribution in [2.45, 2.75) is 20.1 Å². The molecule has 0 amide bonds. The first-order valence-corrected chi connectivity index (χ1v) is 9.43. The van der Waals surface area contributed by atoms with Crippen LogP contribution in [0.25, 0.3) is 0 Å². The monoisotopic (exact) mass is 396 g/mol. The molecule has 2 aromatic carbocycles. The molecule has 0 unspecified atom stereocenters. The number of nitrogens with zero attached hydrogens (tertiary/aromatic N) is 1. The lowest BCUT2D eigenvalue weighted by molar-refractivity contribution is 0.269. The van der Waals surface area contributed by atoms with Crippen LogP contribution in [0, 0.1) is 0 Å². The summed E-state index contributed by atoms with van der Waals surface area (Å²) in [5, 5.41) is 4.49. The maximum absolute atomic E-state index is 6.06. The van der Waals surface area contributed by atoms with Gasteiger partial charge in [-0.25, -0.2) is 0 Å². The number of likely N-dealkylation sites (N-methyl/N-ethyl adjacent to an activating group) is 1. The third-order valence-electron chi connectivity index (χ3n) is 3.75. The second-order valence-electron chi connectivity index (χ2n) is 6.23. The first kappa shape index (κ1) is 20.8. The zero-order valence-electron chi connectivity index (χ0n) is 15.5. The first-order chi connectivity index (χ1) is 12.5. The third-order valence-corrected chi connectivity index (χ3v) is 4.49. The quantitative estimate of drug-likeness (QED) is 0.593. The van der Waals surface area contributed by atoms with Gasteiger partial charge in [0.15, 0.2) is 11.5 Å². The highest BCUT2D eigenvalue weighted by Gasteiger charge is 2.08. The second-order valence-corrected chi connectivity index (χ2v) is 7.05. The van der Waals surface area contributed by atoms with Crippen LogP contribution in [0.2, 0.25) is 10.0 Å². The van der Waals surface area contributed by atoms with Gasteiger partial charge in [-0.2, -0.15) is 0 Å². The normalized spacial score (nSPS) is 11.0. The molecule has 26 heavy (non-hydrogen) atoms. The summed E-state index contributed by atoms with van der Waals surface area (Å²) in [7, 11) is 4.13. The lowest BCUT2D eigenvalue weighted by Crippen LogP contribution is -2.26. The van der Waals surface area contributed by atoms with E-state index in [9.17, 15) is 0 Å². The minimum absolute atomic E-state index is 0.400. The fourth-order valence-corrected chi connectivity index (χ4v) is 2.70. The molecule has 1 N–H and O–H groups in total. The Balaban J connectivity index is 1.99. The summed E-state index contributed by atoms with van der Waals surface area (Å²) in [4.78, 5) is 2.15. The van der Waals surface area contributed by atoms with Crippen LogP contribution in [0.4, 0.5) is 0 Å². The molecule has 2 aromatic rings. The summed E-state index contributed by atoms with van der Waals surface area (Å²) in [6, 6.07) is 11.5. The fraction of sp³-hybridized carbons (Fsp3) is 0.400. The van der Waals surface area contributed by atoms with Crippen molar-refractivity contribution in [3.63, 3.8) is 0 Å². The predicted molar refractivity (Wildman–Crippen MR) is 109 cm³/mol. The van der Waals surface area contributed by atoms with E-state index < -0.39 is 0 Å². The van der Waals surface area contributed by atoms with Gasteiger partial charge in [0.2, 0.25) is 0 Å². The molecule has 0 atom stereocenters. The van der Waals surface area contributed by atoms with Gasteiger partial charge in [-0.3, -0.25) is 0 Å². The Morgan fingerprint density at radius 3 is 2.38 bits per heavy atom. The zero-order chi connectivity index (χ0) is 18.9. The molecule has 0 aromatic heterocycles. The number of hydrogen-bond donors (Lipinski definition) is 1. The average Bonchev–Trinajstić information content (AvgIpc) is 2.61. The van der Waals surface area contributed by atoms with Crippen molar-refractivity contribution < 1.29 is 9.47 Å². The summed E-state index contributed by atoms with van der Waals surface area (Å²) < 4.78 is 11.7. The summed E-state index contributed by atoms with van der Waals surface area (Å²) >= 11 is 12.0. The van der Waals surface area contributed by atoms with Gasteiger partial charge >= 0.3 is 0 Å². The standard InChI is InChI=1S/C20H26Cl2N2O2/c1-4-25-20-12-15(13-23-9-10-24(2)3)6-8-19(20)26-14-16-5-7-17(21)18(22)11-16/h5-8,11-12,23H,4,9-10,13-14H2,1-3H3. The Hall–Kier alpha value is -1.46. The van der Waals surface area contributed by atoms with E-state index in [4.69, 9.17) is 32.7 Å². The average molecular weight is 397 g/mol. The molecule has 0 fully saturated rings. The highest BCUT2D eigenvalue weighted by Crippen LogP contribution is 2.30. The van der Waals surface area contributed by atoms with Crippen LogP contribution < -0.4 is 14.8 Å². The fourth-order valence-electron chi connectivity index (χ4n) is 2.38. The smallest absolute Gasteiger partial charge is 0.161 e. The molecule has 0 radical (unpaired) electrons. The maximum atomic E-state index is 6.06. The van der Waals surface area contributed by atoms with Crippen molar-refractivity contribution in [3.05, 3.63) is 57.6 Å². The van der Waals surface area contributed by atoms with Gasteiger partial charge in [-0.15, -0.1) is 0 Å². The lowest BCUT2D eigenvalue weighted by atomic mass is 10.2. The Labute approximate surface area is 166 Å². The van der Waals surface area contributed by atoms with Gasteiger partial charge in [-0.05, 0) is 56.4 Å². The molecule has 6 heteroatoms. The number of hydrogen-bond acceptors (Lipinski definition) is 4. The Morgan fingerprint density at radius 1 is 0.923 bits per heavy atom. The van der Waals surface area contributed by atoms with E-state index in [1.165, 1.54) is 0 Å². The van der Waals surface area contributed by atoms with Crippen molar-refractivity contribution >= 4 is 23.2 Å². The summed E-state index contributed by atoms with van der Waals surface area (Å²) in [6.07, 6.45) is 0. The predicted octanol–water partition coefficient (Wildman–Crippen LogP) is 4.62. The zero-order valence-corrected chi connectivity index (χ0v) is 17.0. The van der Waals surface area contributed by atoms with E-state index in [-0.39, 0.29) is 0 Å². The summed E-state index contributed by atoms with van der Waals surface area (Å²) in [5.74, 6) is 1.47. The third kappa shape index (κ3) is 6.69. The molecule has 0 heterocycles. The SMILES string of the molecule is CCOc1cc(CNCCN(C)C)ccc1OCc1ccc(Cl)c(Cl)c1. The van der Waals surface area contributed by atoms with E-state index in [0.717, 1.165) is 42.3 Å². The lowest BCUT2D eigenvalue weighted by Gasteiger charge is -2.15. The van der Waals surface area contributed by atoms with E-state index in [0.29, 0.717) is 23.3 Å². The summed E-state index contributed by atoms with van der Waals surface area (Å²) in [5.41, 5.74) is 2.12. The van der Waals surface area contributed by atoms with E-state index in [2.05, 4.69) is 30.4 Å². The van der Waals surface area contributed by atoms with Crippen molar-refractivity contribution in [2.75, 3.05) is 33.8 Å². The van der Waals surface area contributed by atoms with Gasteiger partial charge in [0.05, 0.1) is 16.7 Å². The van der Waals surface area contributed by atoms with Crippen molar-refractivity contribution in [2.24, 2.45) is 0 Å². The Bertz CT molecular complexity index is 708. The highest BCUT2D eigenvalue weighted by atomic mass is 35.5. The Kier molecular flexibility index (Phi) is 8.52. The molecule has 0 bridgehead atoms. The number of nitrogens with one attached hydrogen (secondary N) is 1. The van der Waals surface area contributed by atoms with Crippen LogP contribution in [0.3, 0.4) is 0 Å². The van der Waals surface area contributed by atoms with Gasteiger partial charge in [0.25, 0.3) is 0 Å². The molecule has 2 rings (SSSR count). The largest absolute Gasteiger partial charge is 0.490 e. The summed E-state index contributed by atoms with van der Waals surface area (Å²) in [6.45, 7) is 5.68. The van der Waals surface area contributed by atoms with Crippen LogP contribution in [0.1, 0.15) is 18.1 Å². The van der Waals surface area contributed by atoms with Crippen LogP contribution >= 0.6 is 23.2 Å². The van der Waals surface area contributed by atoms with Crippen LogP contribution in [0.5, 0.6) is 11.5 Å². The van der Waals surface area contributed by atoms with Gasteiger partial charge in [-0.1, -0.05) is 35.3 Å². The number of ether oxygens (including phenoxy) is 2. The van der Waals surface area contributed by atoms with Crippen molar-refractivity contribution in [1.29, 1.82) is 0 Å². The molecule has 0 saturated heterocycles. The Morgan fingerprint density at radius 2 is 1.69 bits per heavy atom. The molecule has 0 aliphatic carbocycles. The molecule has 142 valence electrons. The molecule has 0 aliphatic heterocycles. The molecule has 4 nitrogen and oxygen atoms in total. The van der Waals surface area contributed by atoms with E-state index in [1.807, 2.05) is 31.2 Å². The topological polar surface area (TPSA) is 33.7 Å². The molecule has 0 spiro atoms. The van der Waals surface area contributed by atoms with E-state index >= 15 is 0 Å². The van der Waals surface area contributed by atoms with Crippen molar-refractivity contribution in [1.82, 2.24) is 10.2 Å². The molecule has 0 saturated carbocycles.